The third-order valence-corrected chi connectivity index (χ3v) is 5.54. The molecule has 1 aliphatic rings. The number of carbonyl (C=O) groups is 2. The molecule has 1 aliphatic heterocycles. The Hall–Kier alpha value is -3.87. The van der Waals surface area contributed by atoms with Crippen molar-refractivity contribution < 1.29 is 27.5 Å². The van der Waals surface area contributed by atoms with Crippen LogP contribution in [0.1, 0.15) is 22.3 Å². The molecule has 3 aromatic carbocycles. The summed E-state index contributed by atoms with van der Waals surface area (Å²) in [7, 11) is 1.24. The molecule has 0 spiro atoms. The van der Waals surface area contributed by atoms with Gasteiger partial charge in [0.05, 0.1) is 18.2 Å². The summed E-state index contributed by atoms with van der Waals surface area (Å²) in [4.78, 5) is 27.9. The molecule has 4 rings (SSSR count). The van der Waals surface area contributed by atoms with E-state index in [1.807, 2.05) is 36.4 Å². The lowest BCUT2D eigenvalue weighted by Crippen LogP contribution is -2.41. The monoisotopic (exact) mass is 451 g/mol. The lowest BCUT2D eigenvalue weighted by Gasteiger charge is -2.25. The number of rotatable bonds is 5. The molecule has 168 valence electrons. The fourth-order valence-electron chi connectivity index (χ4n) is 3.99. The first-order valence-corrected chi connectivity index (χ1v) is 10.2. The van der Waals surface area contributed by atoms with Crippen LogP contribution in [-0.2, 0) is 27.0 Å². The molecule has 7 heteroatoms. The van der Waals surface area contributed by atoms with Gasteiger partial charge >= 0.3 is 12.1 Å². The van der Waals surface area contributed by atoms with E-state index in [9.17, 15) is 22.8 Å². The van der Waals surface area contributed by atoms with E-state index in [4.69, 9.17) is 4.74 Å². The first-order chi connectivity index (χ1) is 15.8. The van der Waals surface area contributed by atoms with E-state index in [2.05, 4.69) is 0 Å². The minimum atomic E-state index is -4.46. The smallest absolute Gasteiger partial charge is 0.416 e. The van der Waals surface area contributed by atoms with Gasteiger partial charge in [0, 0.05) is 12.1 Å². The summed E-state index contributed by atoms with van der Waals surface area (Å²) in [6.45, 7) is -0.0522. The fraction of sp³-hybridized carbons (Fsp3) is 0.154. The molecule has 0 radical (unpaired) electrons. The van der Waals surface area contributed by atoms with Gasteiger partial charge in [-0.25, -0.2) is 4.79 Å². The highest BCUT2D eigenvalue weighted by atomic mass is 19.4. The number of esters is 1. The van der Waals surface area contributed by atoms with Crippen molar-refractivity contribution in [2.75, 3.05) is 7.11 Å². The second-order valence-electron chi connectivity index (χ2n) is 7.57. The molecule has 1 unspecified atom stereocenters. The largest absolute Gasteiger partial charge is 0.467 e. The number of carbonyl (C=O) groups excluding carboxylic acids is 2. The van der Waals surface area contributed by atoms with Crippen LogP contribution < -0.4 is 0 Å². The van der Waals surface area contributed by atoms with Crippen molar-refractivity contribution in [1.82, 2.24) is 4.90 Å². The molecule has 33 heavy (non-hydrogen) atoms. The lowest BCUT2D eigenvalue weighted by atomic mass is 9.93. The topological polar surface area (TPSA) is 46.6 Å². The summed E-state index contributed by atoms with van der Waals surface area (Å²) < 4.78 is 43.9. The highest BCUT2D eigenvalue weighted by Crippen LogP contribution is 2.40. The molecule has 0 N–H and O–H groups in total. The molecule has 1 heterocycles. The van der Waals surface area contributed by atoms with Crippen LogP contribution in [0.2, 0.25) is 0 Å². The third kappa shape index (κ3) is 4.39. The SMILES string of the molecule is COC(=O)C1C(c2ccccc2)=C(c2ccccc2)C(=O)N1Cc1ccc(C(F)(F)F)cc1. The molecule has 0 saturated heterocycles. The van der Waals surface area contributed by atoms with Crippen molar-refractivity contribution in [3.05, 3.63) is 107 Å². The highest BCUT2D eigenvalue weighted by molar-refractivity contribution is 6.33. The predicted molar refractivity (Wildman–Crippen MR) is 117 cm³/mol. The number of hydrogen-bond donors (Lipinski definition) is 0. The van der Waals surface area contributed by atoms with Crippen molar-refractivity contribution >= 4 is 23.0 Å². The van der Waals surface area contributed by atoms with Crippen LogP contribution in [0.5, 0.6) is 0 Å². The Morgan fingerprint density at radius 3 is 1.94 bits per heavy atom. The Bertz CT molecular complexity index is 1190. The number of ether oxygens (including phenoxy) is 1. The van der Waals surface area contributed by atoms with Gasteiger partial charge in [0.25, 0.3) is 5.91 Å². The second-order valence-corrected chi connectivity index (χ2v) is 7.57. The number of methoxy groups -OCH3 is 1. The van der Waals surface area contributed by atoms with Crippen molar-refractivity contribution in [3.8, 4) is 0 Å². The maximum atomic E-state index is 13.6. The molecule has 0 bridgehead atoms. The molecule has 0 aromatic heterocycles. The minimum absolute atomic E-state index is 0.0522. The van der Waals surface area contributed by atoms with E-state index in [1.165, 1.54) is 24.1 Å². The van der Waals surface area contributed by atoms with Gasteiger partial charge in [-0.2, -0.15) is 13.2 Å². The molecular weight excluding hydrogens is 431 g/mol. The van der Waals surface area contributed by atoms with E-state index >= 15 is 0 Å². The van der Waals surface area contributed by atoms with Crippen LogP contribution >= 0.6 is 0 Å². The first kappa shape index (κ1) is 22.3. The maximum Gasteiger partial charge on any atom is 0.416 e. The number of benzene rings is 3. The molecule has 3 aromatic rings. The average molecular weight is 451 g/mol. The maximum absolute atomic E-state index is 13.6. The Morgan fingerprint density at radius 2 is 1.42 bits per heavy atom. The summed E-state index contributed by atoms with van der Waals surface area (Å²) >= 11 is 0. The standard InChI is InChI=1S/C26H20F3NO3/c1-33-25(32)23-21(18-8-4-2-5-9-18)22(19-10-6-3-7-11-19)24(31)30(23)16-17-12-14-20(15-13-17)26(27,28)29/h2-15,23H,16H2,1H3. The van der Waals surface area contributed by atoms with Crippen LogP contribution in [0.3, 0.4) is 0 Å². The molecule has 1 amide bonds. The Balaban J connectivity index is 1.81. The quantitative estimate of drug-likeness (QED) is 0.501. The van der Waals surface area contributed by atoms with Crippen LogP contribution in [0.25, 0.3) is 11.1 Å². The van der Waals surface area contributed by atoms with Crippen LogP contribution in [0.15, 0.2) is 84.9 Å². The van der Waals surface area contributed by atoms with Gasteiger partial charge in [-0.1, -0.05) is 72.8 Å². The predicted octanol–water partition coefficient (Wildman–Crippen LogP) is 5.20. The zero-order chi connectivity index (χ0) is 23.6. The number of alkyl halides is 3. The van der Waals surface area contributed by atoms with Gasteiger partial charge in [-0.3, -0.25) is 4.79 Å². The minimum Gasteiger partial charge on any atom is -0.467 e. The Labute approximate surface area is 188 Å². The van der Waals surface area contributed by atoms with Gasteiger partial charge in [-0.15, -0.1) is 0 Å². The zero-order valence-corrected chi connectivity index (χ0v) is 17.7. The highest BCUT2D eigenvalue weighted by Gasteiger charge is 2.45. The Morgan fingerprint density at radius 1 is 0.879 bits per heavy atom. The average Bonchev–Trinajstić information content (AvgIpc) is 3.11. The summed E-state index contributed by atoms with van der Waals surface area (Å²) in [5, 5.41) is 0. The van der Waals surface area contributed by atoms with Crippen LogP contribution in [0, 0.1) is 0 Å². The summed E-state index contributed by atoms with van der Waals surface area (Å²) in [6.07, 6.45) is -4.46. The van der Waals surface area contributed by atoms with Crippen molar-refractivity contribution in [3.63, 3.8) is 0 Å². The van der Waals surface area contributed by atoms with Crippen molar-refractivity contribution in [1.29, 1.82) is 0 Å². The van der Waals surface area contributed by atoms with Gasteiger partial charge in [0.2, 0.25) is 0 Å². The van der Waals surface area contributed by atoms with Gasteiger partial charge in [0.15, 0.2) is 6.04 Å². The molecule has 0 saturated carbocycles. The third-order valence-electron chi connectivity index (χ3n) is 5.54. The number of halogens is 3. The number of nitrogens with zero attached hydrogens (tertiary/aromatic N) is 1. The fourth-order valence-corrected chi connectivity index (χ4v) is 3.99. The van der Waals surface area contributed by atoms with E-state index in [0.717, 1.165) is 12.1 Å². The van der Waals surface area contributed by atoms with Crippen LogP contribution in [0.4, 0.5) is 13.2 Å². The van der Waals surface area contributed by atoms with Crippen molar-refractivity contribution in [2.24, 2.45) is 0 Å². The normalized spacial score (nSPS) is 16.3. The molecule has 0 aliphatic carbocycles. The van der Waals surface area contributed by atoms with Gasteiger partial charge in [-0.05, 0) is 28.8 Å². The van der Waals surface area contributed by atoms with Gasteiger partial charge < -0.3 is 9.64 Å². The summed E-state index contributed by atoms with van der Waals surface area (Å²) in [5.41, 5.74) is 1.89. The Kier molecular flexibility index (Phi) is 6.05. The van der Waals surface area contributed by atoms with E-state index in [1.54, 1.807) is 24.3 Å². The van der Waals surface area contributed by atoms with E-state index in [0.29, 0.717) is 27.8 Å². The first-order valence-electron chi connectivity index (χ1n) is 10.2. The van der Waals surface area contributed by atoms with E-state index < -0.39 is 29.7 Å². The summed E-state index contributed by atoms with van der Waals surface area (Å²) in [5.74, 6) is -1.02. The molecule has 1 atom stereocenters. The number of hydrogen-bond acceptors (Lipinski definition) is 3. The molecule has 4 nitrogen and oxygen atoms in total. The lowest BCUT2D eigenvalue weighted by molar-refractivity contribution is -0.148. The number of amides is 1. The molecular formula is C26H20F3NO3. The van der Waals surface area contributed by atoms with Crippen molar-refractivity contribution in [2.45, 2.75) is 18.8 Å². The zero-order valence-electron chi connectivity index (χ0n) is 17.7. The van der Waals surface area contributed by atoms with Crippen LogP contribution in [-0.4, -0.2) is 29.9 Å². The van der Waals surface area contributed by atoms with E-state index in [-0.39, 0.29) is 6.54 Å². The molecule has 0 fully saturated rings. The van der Waals surface area contributed by atoms with Gasteiger partial charge in [0.1, 0.15) is 0 Å². The summed E-state index contributed by atoms with van der Waals surface area (Å²) in [6, 6.07) is 21.6. The second kappa shape index (κ2) is 8.94.